The van der Waals surface area contributed by atoms with Gasteiger partial charge in [0.1, 0.15) is 0 Å². The number of ether oxygens (including phenoxy) is 1. The van der Waals surface area contributed by atoms with Gasteiger partial charge < -0.3 is 4.74 Å². The Morgan fingerprint density at radius 2 is 2.56 bits per heavy atom. The fourth-order valence-electron chi connectivity index (χ4n) is 0.892. The third-order valence-electron chi connectivity index (χ3n) is 1.40. The highest BCUT2D eigenvalue weighted by molar-refractivity contribution is 5.77. The van der Waals surface area contributed by atoms with Gasteiger partial charge in [-0.3, -0.25) is 4.79 Å². The molecule has 2 nitrogen and oxygen atoms in total. The summed E-state index contributed by atoms with van der Waals surface area (Å²) in [6.07, 6.45) is 5.23. The van der Waals surface area contributed by atoms with Gasteiger partial charge in [-0.05, 0) is 12.5 Å². The largest absolute Gasteiger partial charge is 0.434 e. The average Bonchev–Trinajstić information content (AvgIpc) is 2.18. The molecule has 0 fully saturated rings. The summed E-state index contributed by atoms with van der Waals surface area (Å²) in [5.41, 5.74) is 0. The number of carbonyl (C=O) groups is 1. The summed E-state index contributed by atoms with van der Waals surface area (Å²) in [6, 6.07) is 0. The molecule has 0 N–H and O–H groups in total. The Morgan fingerprint density at radius 1 is 1.78 bits per heavy atom. The van der Waals surface area contributed by atoms with Gasteiger partial charge in [0.15, 0.2) is 0 Å². The van der Waals surface area contributed by atoms with Crippen LogP contribution in [-0.2, 0) is 9.53 Å². The van der Waals surface area contributed by atoms with Crippen LogP contribution in [0.25, 0.3) is 0 Å². The highest BCUT2D eigenvalue weighted by atomic mass is 16.5. The van der Waals surface area contributed by atoms with E-state index in [9.17, 15) is 4.79 Å². The number of hydrogen-bond acceptors (Lipinski definition) is 2. The summed E-state index contributed by atoms with van der Waals surface area (Å²) in [5.74, 6) is -0.0631. The second-order valence-electron chi connectivity index (χ2n) is 2.16. The summed E-state index contributed by atoms with van der Waals surface area (Å²) < 4.78 is 4.60. The van der Waals surface area contributed by atoms with Crippen LogP contribution in [0.5, 0.6) is 0 Å². The zero-order chi connectivity index (χ0) is 6.69. The minimum atomic E-state index is -0.100. The van der Waals surface area contributed by atoms with Crippen LogP contribution < -0.4 is 0 Å². The normalized spacial score (nSPS) is 24.6. The molecule has 0 radical (unpaired) electrons. The van der Waals surface area contributed by atoms with E-state index in [1.807, 2.05) is 6.08 Å². The smallest absolute Gasteiger partial charge is 0.317 e. The van der Waals surface area contributed by atoms with Gasteiger partial charge in [0.05, 0.1) is 12.2 Å². The predicted molar refractivity (Wildman–Crippen MR) is 33.6 cm³/mol. The second kappa shape index (κ2) is 2.67. The minimum Gasteiger partial charge on any atom is -0.434 e. The maximum atomic E-state index is 10.7. The van der Waals surface area contributed by atoms with E-state index in [4.69, 9.17) is 0 Å². The Hall–Kier alpha value is -0.790. The maximum Gasteiger partial charge on any atom is 0.317 e. The van der Waals surface area contributed by atoms with Crippen molar-refractivity contribution >= 4 is 5.97 Å². The average molecular weight is 126 g/mol. The van der Waals surface area contributed by atoms with Gasteiger partial charge in [0, 0.05) is 0 Å². The van der Waals surface area contributed by atoms with Gasteiger partial charge in [-0.25, -0.2) is 0 Å². The van der Waals surface area contributed by atoms with Crippen molar-refractivity contribution in [3.05, 3.63) is 12.3 Å². The molecule has 0 amide bonds. The monoisotopic (exact) mass is 126 g/mol. The van der Waals surface area contributed by atoms with E-state index in [1.165, 1.54) is 6.26 Å². The molecule has 0 aromatic heterocycles. The van der Waals surface area contributed by atoms with Gasteiger partial charge in [-0.1, -0.05) is 13.3 Å². The molecule has 0 saturated carbocycles. The van der Waals surface area contributed by atoms with Crippen molar-refractivity contribution < 1.29 is 9.53 Å². The summed E-state index contributed by atoms with van der Waals surface area (Å²) in [7, 11) is 0. The van der Waals surface area contributed by atoms with Crippen molar-refractivity contribution in [2.24, 2.45) is 5.92 Å². The number of rotatable bonds is 2. The lowest BCUT2D eigenvalue weighted by Gasteiger charge is -1.98. The summed E-state index contributed by atoms with van der Waals surface area (Å²) in [4.78, 5) is 10.7. The molecule has 1 rings (SSSR count). The van der Waals surface area contributed by atoms with Crippen LogP contribution in [0.3, 0.4) is 0 Å². The van der Waals surface area contributed by atoms with Crippen LogP contribution in [0.2, 0.25) is 0 Å². The second-order valence-corrected chi connectivity index (χ2v) is 2.16. The van der Waals surface area contributed by atoms with Gasteiger partial charge in [0.25, 0.3) is 0 Å². The molecule has 1 atom stereocenters. The van der Waals surface area contributed by atoms with Crippen molar-refractivity contribution in [2.75, 3.05) is 0 Å². The fraction of sp³-hybridized carbons (Fsp3) is 0.571. The van der Waals surface area contributed by atoms with Crippen LogP contribution in [0.1, 0.15) is 19.8 Å². The first-order chi connectivity index (χ1) is 4.34. The third-order valence-corrected chi connectivity index (χ3v) is 1.40. The van der Waals surface area contributed by atoms with Crippen LogP contribution >= 0.6 is 0 Å². The predicted octanol–water partition coefficient (Wildman–Crippen LogP) is 1.47. The van der Waals surface area contributed by atoms with E-state index in [0.717, 1.165) is 12.8 Å². The van der Waals surface area contributed by atoms with Crippen molar-refractivity contribution in [2.45, 2.75) is 19.8 Å². The lowest BCUT2D eigenvalue weighted by atomic mass is 10.1. The van der Waals surface area contributed by atoms with Crippen LogP contribution in [0.15, 0.2) is 12.3 Å². The third kappa shape index (κ3) is 1.31. The summed E-state index contributed by atoms with van der Waals surface area (Å²) >= 11 is 0. The summed E-state index contributed by atoms with van der Waals surface area (Å²) in [6.45, 7) is 2.06. The zero-order valence-corrected chi connectivity index (χ0v) is 5.46. The van der Waals surface area contributed by atoms with Crippen LogP contribution in [-0.4, -0.2) is 5.97 Å². The van der Waals surface area contributed by atoms with Gasteiger partial charge in [-0.15, -0.1) is 0 Å². The SMILES string of the molecule is CCCC1C=COC1=O. The Bertz CT molecular complexity index is 138. The molecule has 1 aliphatic heterocycles. The highest BCUT2D eigenvalue weighted by Gasteiger charge is 2.19. The van der Waals surface area contributed by atoms with Gasteiger partial charge >= 0.3 is 5.97 Å². The molecular formula is C7H10O2. The molecule has 50 valence electrons. The first-order valence-electron chi connectivity index (χ1n) is 3.21. The van der Waals surface area contributed by atoms with Crippen LogP contribution in [0.4, 0.5) is 0 Å². The van der Waals surface area contributed by atoms with E-state index in [1.54, 1.807) is 0 Å². The van der Waals surface area contributed by atoms with E-state index < -0.39 is 0 Å². The van der Waals surface area contributed by atoms with E-state index in [0.29, 0.717) is 0 Å². The van der Waals surface area contributed by atoms with E-state index >= 15 is 0 Å². The molecule has 0 bridgehead atoms. The minimum absolute atomic E-state index is 0.0370. The lowest BCUT2D eigenvalue weighted by Crippen LogP contribution is -2.06. The highest BCUT2D eigenvalue weighted by Crippen LogP contribution is 2.15. The molecule has 0 aromatic carbocycles. The maximum absolute atomic E-state index is 10.7. The number of esters is 1. The summed E-state index contributed by atoms with van der Waals surface area (Å²) in [5, 5.41) is 0. The van der Waals surface area contributed by atoms with Gasteiger partial charge in [0.2, 0.25) is 0 Å². The molecule has 1 aliphatic rings. The Kier molecular flexibility index (Phi) is 1.88. The molecule has 0 spiro atoms. The Balaban J connectivity index is 2.40. The molecule has 0 saturated heterocycles. The molecular weight excluding hydrogens is 116 g/mol. The molecule has 9 heavy (non-hydrogen) atoms. The first-order valence-corrected chi connectivity index (χ1v) is 3.21. The molecule has 1 heterocycles. The number of carbonyl (C=O) groups excluding carboxylic acids is 1. The molecule has 2 heteroatoms. The van der Waals surface area contributed by atoms with Crippen molar-refractivity contribution in [1.29, 1.82) is 0 Å². The number of hydrogen-bond donors (Lipinski definition) is 0. The van der Waals surface area contributed by atoms with E-state index in [2.05, 4.69) is 11.7 Å². The van der Waals surface area contributed by atoms with Crippen molar-refractivity contribution in [3.8, 4) is 0 Å². The lowest BCUT2D eigenvalue weighted by molar-refractivity contribution is -0.139. The standard InChI is InChI=1S/C7H10O2/c1-2-3-6-4-5-9-7(6)8/h4-6H,2-3H2,1H3. The molecule has 0 aromatic rings. The van der Waals surface area contributed by atoms with Crippen LogP contribution in [0, 0.1) is 5.92 Å². The van der Waals surface area contributed by atoms with Gasteiger partial charge in [-0.2, -0.15) is 0 Å². The fourth-order valence-corrected chi connectivity index (χ4v) is 0.892. The zero-order valence-electron chi connectivity index (χ0n) is 5.46. The topological polar surface area (TPSA) is 26.3 Å². The quantitative estimate of drug-likeness (QED) is 0.524. The first kappa shape index (κ1) is 6.33. The Morgan fingerprint density at radius 3 is 3.00 bits per heavy atom. The van der Waals surface area contributed by atoms with Crippen molar-refractivity contribution in [1.82, 2.24) is 0 Å². The Labute approximate surface area is 54.5 Å². The molecule has 1 unspecified atom stereocenters. The molecule has 0 aliphatic carbocycles. The van der Waals surface area contributed by atoms with E-state index in [-0.39, 0.29) is 11.9 Å². The number of cyclic esters (lactones) is 1. The van der Waals surface area contributed by atoms with Crippen molar-refractivity contribution in [3.63, 3.8) is 0 Å².